The van der Waals surface area contributed by atoms with Crippen LogP contribution in [0.5, 0.6) is 0 Å². The van der Waals surface area contributed by atoms with Crippen molar-refractivity contribution < 1.29 is 23.9 Å². The quantitative estimate of drug-likeness (QED) is 0.386. The van der Waals surface area contributed by atoms with Crippen LogP contribution in [0.25, 0.3) is 17.4 Å². The number of nitrogens with one attached hydrogen (secondary N) is 2. The number of carbonyl (C=O) groups is 3. The third kappa shape index (κ3) is 5.40. The van der Waals surface area contributed by atoms with Crippen LogP contribution in [-0.2, 0) is 14.4 Å². The molecule has 2 heterocycles. The van der Waals surface area contributed by atoms with E-state index in [1.54, 1.807) is 30.3 Å². The smallest absolute Gasteiger partial charge is 0.300 e. The second-order valence-electron chi connectivity index (χ2n) is 5.12. The highest BCUT2D eigenvalue weighted by Crippen LogP contribution is 2.34. The summed E-state index contributed by atoms with van der Waals surface area (Å²) in [5, 5.41) is 12.9. The van der Waals surface area contributed by atoms with E-state index in [1.807, 2.05) is 0 Å². The summed E-state index contributed by atoms with van der Waals surface area (Å²) >= 11 is 16.8. The van der Waals surface area contributed by atoms with Crippen LogP contribution in [0.4, 0.5) is 0 Å². The number of benzene rings is 1. The molecule has 1 aliphatic rings. The number of halogens is 2. The molecule has 10 heteroatoms. The topological polar surface area (TPSA) is 109 Å². The van der Waals surface area contributed by atoms with Gasteiger partial charge in [0, 0.05) is 12.5 Å². The predicted octanol–water partition coefficient (Wildman–Crippen LogP) is 3.26. The molecule has 3 rings (SSSR count). The molecule has 0 bridgehead atoms. The van der Waals surface area contributed by atoms with Crippen molar-refractivity contribution in [3.8, 4) is 11.3 Å². The first-order valence-corrected chi connectivity index (χ1v) is 8.47. The Labute approximate surface area is 168 Å². The Morgan fingerprint density at radius 2 is 1.74 bits per heavy atom. The molecule has 140 valence electrons. The molecule has 1 aromatic heterocycles. The fraction of sp³-hybridized carbons (Fsp3) is 0.0588. The average Bonchev–Trinajstić information content (AvgIpc) is 3.01. The van der Waals surface area contributed by atoms with Crippen molar-refractivity contribution >= 4 is 64.4 Å². The van der Waals surface area contributed by atoms with Crippen molar-refractivity contribution in [3.05, 3.63) is 51.7 Å². The maximum atomic E-state index is 11.8. The van der Waals surface area contributed by atoms with Gasteiger partial charge in [0.2, 0.25) is 0 Å². The number of thiocarbonyl (C=S) groups is 1. The molecule has 7 nitrogen and oxygen atoms in total. The number of rotatable bonds is 2. The summed E-state index contributed by atoms with van der Waals surface area (Å²) in [4.78, 5) is 32.6. The average molecular weight is 427 g/mol. The van der Waals surface area contributed by atoms with Crippen molar-refractivity contribution in [2.24, 2.45) is 0 Å². The highest BCUT2D eigenvalue weighted by atomic mass is 35.5. The maximum Gasteiger partial charge on any atom is 0.300 e. The summed E-state index contributed by atoms with van der Waals surface area (Å²) in [7, 11) is 0. The van der Waals surface area contributed by atoms with Crippen molar-refractivity contribution in [2.75, 3.05) is 0 Å². The Balaban J connectivity index is 0.000000596. The van der Waals surface area contributed by atoms with Gasteiger partial charge in [0.05, 0.1) is 10.0 Å². The van der Waals surface area contributed by atoms with Crippen LogP contribution in [0.3, 0.4) is 0 Å². The van der Waals surface area contributed by atoms with Crippen LogP contribution in [0, 0.1) is 0 Å². The summed E-state index contributed by atoms with van der Waals surface area (Å²) in [6.07, 6.45) is 1.33. The third-order valence-corrected chi connectivity index (χ3v) is 4.10. The standard InChI is InChI=1S/C15H8Cl2N2O3S.C2H4O2/c16-10-3-1-2-8(12(10)17)11-5-4-7(22-11)6-9-13(20)18-15(23)19-14(9)21;1-2(3)4/h1-6H,(H2,18,19,20,21,23);1H3,(H,3,4). The molecule has 0 aliphatic carbocycles. The van der Waals surface area contributed by atoms with E-state index in [9.17, 15) is 9.59 Å². The maximum absolute atomic E-state index is 11.8. The normalized spacial score (nSPS) is 13.3. The summed E-state index contributed by atoms with van der Waals surface area (Å²) in [5.41, 5.74) is 0.513. The molecule has 0 saturated carbocycles. The van der Waals surface area contributed by atoms with Gasteiger partial charge >= 0.3 is 0 Å². The van der Waals surface area contributed by atoms with E-state index in [0.717, 1.165) is 6.92 Å². The largest absolute Gasteiger partial charge is 0.481 e. The van der Waals surface area contributed by atoms with Gasteiger partial charge in [-0.3, -0.25) is 25.0 Å². The molecule has 1 aromatic carbocycles. The Kier molecular flexibility index (Phi) is 6.73. The second-order valence-corrected chi connectivity index (χ2v) is 6.31. The van der Waals surface area contributed by atoms with Gasteiger partial charge in [-0.15, -0.1) is 0 Å². The molecule has 2 amide bonds. The molecule has 0 unspecified atom stereocenters. The lowest BCUT2D eigenvalue weighted by molar-refractivity contribution is -0.134. The highest BCUT2D eigenvalue weighted by molar-refractivity contribution is 7.80. The third-order valence-electron chi connectivity index (χ3n) is 3.07. The van der Waals surface area contributed by atoms with Crippen LogP contribution >= 0.6 is 35.4 Å². The van der Waals surface area contributed by atoms with Crippen LogP contribution in [0.2, 0.25) is 10.0 Å². The first-order valence-electron chi connectivity index (χ1n) is 7.31. The monoisotopic (exact) mass is 426 g/mol. The zero-order chi connectivity index (χ0) is 20.1. The zero-order valence-electron chi connectivity index (χ0n) is 13.7. The number of amides is 2. The first-order chi connectivity index (χ1) is 12.7. The van der Waals surface area contributed by atoms with Gasteiger partial charge < -0.3 is 9.52 Å². The van der Waals surface area contributed by atoms with E-state index in [-0.39, 0.29) is 10.7 Å². The van der Waals surface area contributed by atoms with Crippen molar-refractivity contribution in [2.45, 2.75) is 6.92 Å². The molecule has 1 fully saturated rings. The SMILES string of the molecule is CC(=O)O.O=C1NC(=S)NC(=O)C1=Cc1ccc(-c2cccc(Cl)c2Cl)o1. The van der Waals surface area contributed by atoms with Gasteiger partial charge in [-0.1, -0.05) is 29.3 Å². The number of aliphatic carboxylic acids is 1. The van der Waals surface area contributed by atoms with Crippen LogP contribution < -0.4 is 10.6 Å². The lowest BCUT2D eigenvalue weighted by atomic mass is 10.1. The Morgan fingerprint density at radius 3 is 2.33 bits per heavy atom. The lowest BCUT2D eigenvalue weighted by Crippen LogP contribution is -2.51. The number of hydrogen-bond donors (Lipinski definition) is 3. The minimum Gasteiger partial charge on any atom is -0.481 e. The van der Waals surface area contributed by atoms with Gasteiger partial charge in [0.25, 0.3) is 17.8 Å². The van der Waals surface area contributed by atoms with Gasteiger partial charge in [0.15, 0.2) is 5.11 Å². The number of carboxylic acids is 1. The Bertz CT molecular complexity index is 942. The fourth-order valence-electron chi connectivity index (χ4n) is 2.02. The van der Waals surface area contributed by atoms with E-state index >= 15 is 0 Å². The van der Waals surface area contributed by atoms with Gasteiger partial charge in [-0.25, -0.2) is 0 Å². The lowest BCUT2D eigenvalue weighted by Gasteiger charge is -2.15. The Hall–Kier alpha value is -2.68. The number of carboxylic acid groups (broad SMARTS) is 1. The van der Waals surface area contributed by atoms with Crippen molar-refractivity contribution in [3.63, 3.8) is 0 Å². The van der Waals surface area contributed by atoms with Crippen LogP contribution in [0.15, 0.2) is 40.3 Å². The molecule has 27 heavy (non-hydrogen) atoms. The number of furan rings is 1. The molecule has 1 aliphatic heterocycles. The Morgan fingerprint density at radius 1 is 1.15 bits per heavy atom. The van der Waals surface area contributed by atoms with Gasteiger partial charge in [-0.2, -0.15) is 0 Å². The molecular weight excluding hydrogens is 415 g/mol. The molecule has 0 spiro atoms. The van der Waals surface area contributed by atoms with Crippen LogP contribution in [-0.4, -0.2) is 28.0 Å². The van der Waals surface area contributed by atoms with E-state index in [4.69, 9.17) is 49.7 Å². The van der Waals surface area contributed by atoms with Crippen molar-refractivity contribution in [1.29, 1.82) is 0 Å². The number of hydrogen-bond acceptors (Lipinski definition) is 5. The first kappa shape index (κ1) is 20.6. The van der Waals surface area contributed by atoms with E-state index in [0.29, 0.717) is 27.1 Å². The molecule has 0 atom stereocenters. The van der Waals surface area contributed by atoms with E-state index in [2.05, 4.69) is 10.6 Å². The van der Waals surface area contributed by atoms with Gasteiger partial charge in [0.1, 0.15) is 17.1 Å². The van der Waals surface area contributed by atoms with Gasteiger partial charge in [-0.05, 0) is 42.6 Å². The minimum atomic E-state index is -0.833. The summed E-state index contributed by atoms with van der Waals surface area (Å²) in [6.45, 7) is 1.08. The summed E-state index contributed by atoms with van der Waals surface area (Å²) < 4.78 is 5.62. The molecular formula is C17H12Cl2N2O5S. The summed E-state index contributed by atoms with van der Waals surface area (Å²) in [6, 6.07) is 8.45. The zero-order valence-corrected chi connectivity index (χ0v) is 16.0. The molecule has 3 N–H and O–H groups in total. The number of carbonyl (C=O) groups excluding carboxylic acids is 2. The van der Waals surface area contributed by atoms with E-state index < -0.39 is 17.8 Å². The molecule has 1 saturated heterocycles. The molecule has 0 radical (unpaired) electrons. The second kappa shape index (κ2) is 8.81. The summed E-state index contributed by atoms with van der Waals surface area (Å²) in [5.74, 6) is -1.21. The van der Waals surface area contributed by atoms with E-state index in [1.165, 1.54) is 6.08 Å². The minimum absolute atomic E-state index is 0.0250. The van der Waals surface area contributed by atoms with Crippen LogP contribution in [0.1, 0.15) is 12.7 Å². The fourth-order valence-corrected chi connectivity index (χ4v) is 2.60. The highest BCUT2D eigenvalue weighted by Gasteiger charge is 2.26. The van der Waals surface area contributed by atoms with Crippen molar-refractivity contribution in [1.82, 2.24) is 10.6 Å². The molecule has 2 aromatic rings. The predicted molar refractivity (Wildman–Crippen MR) is 104 cm³/mol.